The van der Waals surface area contributed by atoms with Crippen LogP contribution in [0.25, 0.3) is 0 Å². The first-order valence-corrected chi connectivity index (χ1v) is 4.93. The van der Waals surface area contributed by atoms with Crippen LogP contribution in [0.1, 0.15) is 5.56 Å². The Hall–Kier alpha value is -0.610. The van der Waals surface area contributed by atoms with Crippen LogP contribution in [0.4, 0.5) is 0 Å². The molecule has 0 radical (unpaired) electrons. The number of aliphatic hydroxyl groups is 1. The van der Waals surface area contributed by atoms with E-state index in [0.717, 1.165) is 10.6 Å². The lowest BCUT2D eigenvalue weighted by Gasteiger charge is -2.14. The third-order valence-electron chi connectivity index (χ3n) is 2.17. The molecule has 1 N–H and O–H groups in total. The van der Waals surface area contributed by atoms with Crippen LogP contribution in [-0.2, 0) is 11.4 Å². The highest BCUT2D eigenvalue weighted by Gasteiger charge is 2.21. The Bertz CT molecular complexity index is 319. The summed E-state index contributed by atoms with van der Waals surface area (Å²) in [6, 6.07) is 7.64. The summed E-state index contributed by atoms with van der Waals surface area (Å²) in [5.41, 5.74) is 1.02. The molecule has 1 aliphatic rings. The summed E-state index contributed by atoms with van der Waals surface area (Å²) in [6.45, 7) is 1.55. The van der Waals surface area contributed by atoms with E-state index in [4.69, 9.17) is 16.4 Å². The lowest BCUT2D eigenvalue weighted by atomic mass is 10.2. The van der Waals surface area contributed by atoms with Gasteiger partial charge in [0.1, 0.15) is 0 Å². The van der Waals surface area contributed by atoms with Gasteiger partial charge < -0.3 is 5.11 Å². The topological polar surface area (TPSA) is 32.7 Å². The van der Waals surface area contributed by atoms with E-state index in [9.17, 15) is 5.11 Å². The fourth-order valence-corrected chi connectivity index (χ4v) is 1.65. The number of nitrogens with zero attached hydrogens (tertiary/aromatic N) is 1. The van der Waals surface area contributed by atoms with Crippen molar-refractivity contribution in [3.63, 3.8) is 0 Å². The van der Waals surface area contributed by atoms with E-state index < -0.39 is 0 Å². The van der Waals surface area contributed by atoms with Crippen LogP contribution in [0.3, 0.4) is 0 Å². The second-order valence-corrected chi connectivity index (χ2v) is 3.77. The Labute approximate surface area is 87.8 Å². The van der Waals surface area contributed by atoms with Gasteiger partial charge in [0, 0.05) is 5.02 Å². The lowest BCUT2D eigenvalue weighted by molar-refractivity contribution is -0.117. The minimum absolute atomic E-state index is 0.377. The minimum Gasteiger partial charge on any atom is -0.389 e. The Morgan fingerprint density at radius 1 is 1.50 bits per heavy atom. The highest BCUT2D eigenvalue weighted by molar-refractivity contribution is 6.31. The zero-order valence-electron chi connectivity index (χ0n) is 7.69. The van der Waals surface area contributed by atoms with E-state index in [-0.39, 0.29) is 6.10 Å². The molecule has 1 saturated heterocycles. The number of rotatable bonds is 2. The van der Waals surface area contributed by atoms with Crippen LogP contribution in [-0.4, -0.2) is 29.4 Å². The van der Waals surface area contributed by atoms with Gasteiger partial charge in [-0.2, -0.15) is 5.06 Å². The van der Waals surface area contributed by atoms with Crippen molar-refractivity contribution in [2.45, 2.75) is 12.6 Å². The van der Waals surface area contributed by atoms with Gasteiger partial charge in [-0.25, -0.2) is 0 Å². The molecule has 76 valence electrons. The van der Waals surface area contributed by atoms with Crippen molar-refractivity contribution in [1.29, 1.82) is 0 Å². The summed E-state index contributed by atoms with van der Waals surface area (Å²) in [6.07, 6.45) is -0.377. The Balaban J connectivity index is 2.01. The fourth-order valence-electron chi connectivity index (χ4n) is 1.46. The molecule has 0 aromatic heterocycles. The minimum atomic E-state index is -0.377. The first kappa shape index (κ1) is 9.93. The molecule has 0 saturated carbocycles. The van der Waals surface area contributed by atoms with Crippen molar-refractivity contribution in [3.05, 3.63) is 34.9 Å². The van der Waals surface area contributed by atoms with E-state index in [2.05, 4.69) is 0 Å². The summed E-state index contributed by atoms with van der Waals surface area (Å²) in [4.78, 5) is 5.25. The first-order chi connectivity index (χ1) is 6.75. The quantitative estimate of drug-likeness (QED) is 0.807. The first-order valence-electron chi connectivity index (χ1n) is 4.55. The van der Waals surface area contributed by atoms with Crippen molar-refractivity contribution < 1.29 is 9.94 Å². The molecule has 1 fully saturated rings. The fraction of sp³-hybridized carbons (Fsp3) is 0.400. The van der Waals surface area contributed by atoms with Gasteiger partial charge >= 0.3 is 0 Å². The molecule has 3 nitrogen and oxygen atoms in total. The molecule has 0 spiro atoms. The third-order valence-corrected chi connectivity index (χ3v) is 2.54. The summed E-state index contributed by atoms with van der Waals surface area (Å²) in [5.74, 6) is 0. The second kappa shape index (κ2) is 4.28. The number of halogens is 1. The molecule has 1 heterocycles. The van der Waals surface area contributed by atoms with Gasteiger partial charge in [0.2, 0.25) is 0 Å². The molecule has 0 amide bonds. The maximum Gasteiger partial charge on any atom is 0.0958 e. The number of benzene rings is 1. The summed E-state index contributed by atoms with van der Waals surface area (Å²) >= 11 is 5.99. The van der Waals surface area contributed by atoms with Crippen molar-refractivity contribution in [2.75, 3.05) is 13.2 Å². The lowest BCUT2D eigenvalue weighted by Crippen LogP contribution is -2.20. The number of β-amino-alcohol motifs (C(OH)–C–C–N with tert-alkyl or cyclic N) is 1. The van der Waals surface area contributed by atoms with Crippen LogP contribution >= 0.6 is 11.6 Å². The molecule has 2 rings (SSSR count). The van der Waals surface area contributed by atoms with Crippen molar-refractivity contribution in [1.82, 2.24) is 5.06 Å². The predicted molar refractivity (Wildman–Crippen MR) is 53.8 cm³/mol. The van der Waals surface area contributed by atoms with Crippen LogP contribution in [0.2, 0.25) is 5.02 Å². The van der Waals surface area contributed by atoms with Gasteiger partial charge in [0.15, 0.2) is 0 Å². The normalized spacial score (nSPS) is 22.9. The number of hydrogen-bond donors (Lipinski definition) is 1. The molecule has 1 atom stereocenters. The van der Waals surface area contributed by atoms with E-state index >= 15 is 0 Å². The van der Waals surface area contributed by atoms with Crippen LogP contribution in [0, 0.1) is 0 Å². The summed E-state index contributed by atoms with van der Waals surface area (Å²) in [5, 5.41) is 11.7. The van der Waals surface area contributed by atoms with Gasteiger partial charge in [-0.05, 0) is 11.6 Å². The highest BCUT2D eigenvalue weighted by Crippen LogP contribution is 2.18. The van der Waals surface area contributed by atoms with Crippen LogP contribution in [0.5, 0.6) is 0 Å². The molecule has 0 aliphatic carbocycles. The van der Waals surface area contributed by atoms with Crippen molar-refractivity contribution in [2.24, 2.45) is 0 Å². The van der Waals surface area contributed by atoms with E-state index in [1.165, 1.54) is 0 Å². The molecular weight excluding hydrogens is 202 g/mol. The average molecular weight is 214 g/mol. The Morgan fingerprint density at radius 2 is 2.29 bits per heavy atom. The van der Waals surface area contributed by atoms with Gasteiger partial charge in [-0.3, -0.25) is 4.84 Å². The highest BCUT2D eigenvalue weighted by atomic mass is 35.5. The predicted octanol–water partition coefficient (Wildman–Crippen LogP) is 1.45. The van der Waals surface area contributed by atoms with E-state index in [0.29, 0.717) is 19.7 Å². The molecule has 1 aromatic carbocycles. The van der Waals surface area contributed by atoms with E-state index in [1.54, 1.807) is 5.06 Å². The average Bonchev–Trinajstić information content (AvgIpc) is 2.56. The third kappa shape index (κ3) is 2.25. The zero-order valence-corrected chi connectivity index (χ0v) is 8.44. The monoisotopic (exact) mass is 213 g/mol. The summed E-state index contributed by atoms with van der Waals surface area (Å²) < 4.78 is 0. The van der Waals surface area contributed by atoms with Gasteiger partial charge in [0.25, 0.3) is 0 Å². The van der Waals surface area contributed by atoms with Gasteiger partial charge in [0.05, 0.1) is 25.8 Å². The molecule has 1 aromatic rings. The number of hydrogen-bond acceptors (Lipinski definition) is 3. The standard InChI is InChI=1S/C10H12ClNO2/c11-10-4-2-1-3-8(10)5-12-6-9(13)7-14-12/h1-4,9,13H,5-7H2/t9-/m0/s1. The SMILES string of the molecule is O[C@@H]1CON(Cc2ccccc2Cl)C1. The Morgan fingerprint density at radius 3 is 2.93 bits per heavy atom. The molecule has 0 bridgehead atoms. The summed E-state index contributed by atoms with van der Waals surface area (Å²) in [7, 11) is 0. The molecular formula is C10H12ClNO2. The number of aliphatic hydroxyl groups excluding tert-OH is 1. The molecule has 0 unspecified atom stereocenters. The van der Waals surface area contributed by atoms with Crippen LogP contribution in [0.15, 0.2) is 24.3 Å². The Kier molecular flexibility index (Phi) is 3.03. The van der Waals surface area contributed by atoms with Crippen LogP contribution < -0.4 is 0 Å². The van der Waals surface area contributed by atoms with Gasteiger partial charge in [-0.1, -0.05) is 29.8 Å². The molecule has 4 heteroatoms. The molecule has 14 heavy (non-hydrogen) atoms. The second-order valence-electron chi connectivity index (χ2n) is 3.36. The van der Waals surface area contributed by atoms with Crippen molar-refractivity contribution in [3.8, 4) is 0 Å². The zero-order chi connectivity index (χ0) is 9.97. The van der Waals surface area contributed by atoms with Gasteiger partial charge in [-0.15, -0.1) is 0 Å². The molecule has 1 aliphatic heterocycles. The number of hydroxylamine groups is 2. The smallest absolute Gasteiger partial charge is 0.0958 e. The maximum atomic E-state index is 9.25. The largest absolute Gasteiger partial charge is 0.389 e. The maximum absolute atomic E-state index is 9.25. The van der Waals surface area contributed by atoms with Crippen molar-refractivity contribution >= 4 is 11.6 Å². The van der Waals surface area contributed by atoms with E-state index in [1.807, 2.05) is 24.3 Å².